The topological polar surface area (TPSA) is 133 Å². The van der Waals surface area contributed by atoms with Gasteiger partial charge in [0, 0.05) is 10.5 Å². The molecule has 1 aromatic rings. The number of nitrogens with two attached hydrogens (primary N) is 1. The van der Waals surface area contributed by atoms with Crippen molar-refractivity contribution in [1.29, 1.82) is 5.41 Å². The van der Waals surface area contributed by atoms with Gasteiger partial charge in [-0.25, -0.2) is 0 Å². The third kappa shape index (κ3) is 7.62. The molecule has 9 heteroatoms. The predicted molar refractivity (Wildman–Crippen MR) is 96.7 cm³/mol. The number of thioether (sulfide) groups is 1. The van der Waals surface area contributed by atoms with Crippen molar-refractivity contribution in [3.05, 3.63) is 34.9 Å². The third-order valence-corrected chi connectivity index (χ3v) is 3.84. The van der Waals surface area contributed by atoms with Crippen LogP contribution in [-0.2, 0) is 21.3 Å². The Kier molecular flexibility index (Phi) is 7.46. The number of nitrogens with one attached hydrogen (secondary N) is 2. The number of carbonyl (C=O) groups excluding carboxylic acids is 1. The molecule has 1 aliphatic rings. The smallest absolute Gasteiger partial charge is 0.261 e. The lowest BCUT2D eigenvalue weighted by Crippen LogP contribution is -2.36. The molecule has 0 bridgehead atoms. The number of aryl methyl sites for hydroxylation is 1. The van der Waals surface area contributed by atoms with Crippen LogP contribution in [0, 0.1) is 5.41 Å². The molecule has 132 valence electrons. The van der Waals surface area contributed by atoms with Gasteiger partial charge in [0.05, 0.1) is 6.26 Å². The van der Waals surface area contributed by atoms with Crippen LogP contribution in [0.2, 0.25) is 0 Å². The van der Waals surface area contributed by atoms with E-state index < -0.39 is 10.1 Å². The van der Waals surface area contributed by atoms with Crippen LogP contribution in [0.4, 0.5) is 0 Å². The second kappa shape index (κ2) is 8.86. The van der Waals surface area contributed by atoms with Gasteiger partial charge in [-0.05, 0) is 54.9 Å². The maximum Gasteiger partial charge on any atom is 0.261 e. The van der Waals surface area contributed by atoms with E-state index in [2.05, 4.69) is 23.5 Å². The van der Waals surface area contributed by atoms with Crippen molar-refractivity contribution in [3.63, 3.8) is 0 Å². The first-order valence-corrected chi connectivity index (χ1v) is 10.1. The molecule has 0 saturated carbocycles. The van der Waals surface area contributed by atoms with E-state index in [1.165, 1.54) is 10.5 Å². The van der Waals surface area contributed by atoms with E-state index in [4.69, 9.17) is 15.7 Å². The lowest BCUT2D eigenvalue weighted by molar-refractivity contribution is -0.116. The Balaban J connectivity index is 0.000000505. The zero-order chi connectivity index (χ0) is 18.3. The van der Waals surface area contributed by atoms with Gasteiger partial charge in [-0.3, -0.25) is 20.1 Å². The zero-order valence-electron chi connectivity index (χ0n) is 13.5. The molecule has 0 atom stereocenters. The van der Waals surface area contributed by atoms with Crippen LogP contribution < -0.4 is 11.1 Å². The first kappa shape index (κ1) is 20.2. The number of carbonyl (C=O) groups is 1. The van der Waals surface area contributed by atoms with Crippen molar-refractivity contribution in [3.8, 4) is 0 Å². The van der Waals surface area contributed by atoms with E-state index in [9.17, 15) is 13.2 Å². The Morgan fingerprint density at radius 2 is 2.00 bits per heavy atom. The van der Waals surface area contributed by atoms with Crippen LogP contribution in [0.15, 0.2) is 28.7 Å². The summed E-state index contributed by atoms with van der Waals surface area (Å²) in [5.41, 5.74) is 8.25. The molecule has 1 aromatic carbocycles. The molecule has 0 aromatic heterocycles. The molecule has 0 radical (unpaired) electrons. The molecule has 2 rings (SSSR count). The highest BCUT2D eigenvalue weighted by Crippen LogP contribution is 2.27. The molecule has 0 aliphatic heterocycles. The number of guanidine groups is 1. The summed E-state index contributed by atoms with van der Waals surface area (Å²) in [6.45, 7) is 0. The van der Waals surface area contributed by atoms with Gasteiger partial charge in [-0.15, -0.1) is 11.8 Å². The fourth-order valence-electron chi connectivity index (χ4n) is 2.17. The Morgan fingerprint density at radius 1 is 1.38 bits per heavy atom. The molecule has 1 amide bonds. The molecule has 0 saturated heterocycles. The summed E-state index contributed by atoms with van der Waals surface area (Å²) in [5.74, 6) is -0.580. The molecule has 0 heterocycles. The number of hydrogen-bond acceptors (Lipinski definition) is 5. The molecule has 5 N–H and O–H groups in total. The van der Waals surface area contributed by atoms with Gasteiger partial charge in [-0.2, -0.15) is 8.42 Å². The first-order chi connectivity index (χ1) is 11.1. The van der Waals surface area contributed by atoms with Crippen molar-refractivity contribution in [1.82, 2.24) is 5.32 Å². The Labute approximate surface area is 146 Å². The Bertz CT molecular complexity index is 750. The summed E-state index contributed by atoms with van der Waals surface area (Å²) in [5, 5.41) is 9.47. The number of fused-ring (bicyclic) bond motifs is 1. The van der Waals surface area contributed by atoms with Crippen molar-refractivity contribution in [2.75, 3.05) is 12.5 Å². The van der Waals surface area contributed by atoms with Crippen molar-refractivity contribution >= 4 is 39.8 Å². The highest BCUT2D eigenvalue weighted by molar-refractivity contribution is 7.98. The highest BCUT2D eigenvalue weighted by Gasteiger charge is 2.15. The predicted octanol–water partition coefficient (Wildman–Crippen LogP) is 1.64. The van der Waals surface area contributed by atoms with Crippen molar-refractivity contribution in [2.24, 2.45) is 5.73 Å². The van der Waals surface area contributed by atoms with Crippen LogP contribution in [0.1, 0.15) is 24.0 Å². The van der Waals surface area contributed by atoms with Gasteiger partial charge in [0.15, 0.2) is 5.96 Å². The van der Waals surface area contributed by atoms with Crippen molar-refractivity contribution in [2.45, 2.75) is 24.2 Å². The van der Waals surface area contributed by atoms with Gasteiger partial charge in [0.2, 0.25) is 0 Å². The van der Waals surface area contributed by atoms with Crippen LogP contribution in [0.25, 0.3) is 6.08 Å². The average Bonchev–Trinajstić information content (AvgIpc) is 2.66. The average molecular weight is 371 g/mol. The third-order valence-electron chi connectivity index (χ3n) is 3.11. The van der Waals surface area contributed by atoms with Gasteiger partial charge in [0.25, 0.3) is 16.0 Å². The Hall–Kier alpha value is -1.84. The van der Waals surface area contributed by atoms with Gasteiger partial charge < -0.3 is 5.73 Å². The van der Waals surface area contributed by atoms with E-state index in [0.717, 1.165) is 18.4 Å². The molecule has 7 nitrogen and oxygen atoms in total. The lowest BCUT2D eigenvalue weighted by Gasteiger charge is -2.06. The fourth-order valence-corrected chi connectivity index (χ4v) is 2.62. The summed E-state index contributed by atoms with van der Waals surface area (Å²) >= 11 is 1.68. The monoisotopic (exact) mass is 371 g/mol. The Morgan fingerprint density at radius 3 is 2.54 bits per heavy atom. The summed E-state index contributed by atoms with van der Waals surface area (Å²) in [4.78, 5) is 13.1. The minimum absolute atomic E-state index is 0.269. The van der Waals surface area contributed by atoms with Crippen molar-refractivity contribution < 1.29 is 17.8 Å². The van der Waals surface area contributed by atoms with E-state index in [1.54, 1.807) is 11.8 Å². The molecule has 1 aliphatic carbocycles. The van der Waals surface area contributed by atoms with E-state index in [1.807, 2.05) is 12.3 Å². The highest BCUT2D eigenvalue weighted by atomic mass is 32.2. The summed E-state index contributed by atoms with van der Waals surface area (Å²) in [7, 11) is -3.67. The van der Waals surface area contributed by atoms with Crippen LogP contribution >= 0.6 is 11.8 Å². The molecule has 0 fully saturated rings. The maximum absolute atomic E-state index is 11.9. The largest absolute Gasteiger partial charge is 0.370 e. The summed E-state index contributed by atoms with van der Waals surface area (Å²) in [6.07, 6.45) is 7.28. The molecule has 0 spiro atoms. The second-order valence-corrected chi connectivity index (χ2v) is 7.53. The molecule has 0 unspecified atom stereocenters. The van der Waals surface area contributed by atoms with Gasteiger partial charge in [-0.1, -0.05) is 6.07 Å². The number of hydrogen-bond donors (Lipinski definition) is 4. The minimum Gasteiger partial charge on any atom is -0.370 e. The number of amides is 1. The van der Waals surface area contributed by atoms with Crippen LogP contribution in [-0.4, -0.2) is 37.3 Å². The summed E-state index contributed by atoms with van der Waals surface area (Å²) in [6, 6.07) is 6.34. The standard InChI is InChI=1S/C14H17N3OS.CH4O3S/c1-19-12-6-5-9-3-2-4-10(7-11(9)8-12)13(18)17-14(15)16;1-5(2,3)4/h5-8H,2-4H2,1H3,(H4,15,16,17,18);1H3,(H,2,3,4). The van der Waals surface area contributed by atoms with Crippen LogP contribution in [0.5, 0.6) is 0 Å². The zero-order valence-corrected chi connectivity index (χ0v) is 15.1. The number of benzene rings is 1. The van der Waals surface area contributed by atoms with E-state index in [0.29, 0.717) is 18.2 Å². The maximum atomic E-state index is 11.9. The van der Waals surface area contributed by atoms with E-state index >= 15 is 0 Å². The van der Waals surface area contributed by atoms with E-state index in [-0.39, 0.29) is 11.9 Å². The van der Waals surface area contributed by atoms with Gasteiger partial charge >= 0.3 is 0 Å². The second-order valence-electron chi connectivity index (χ2n) is 5.19. The molecular weight excluding hydrogens is 350 g/mol. The molecular formula is C15H21N3O4S2. The van der Waals surface area contributed by atoms with Gasteiger partial charge in [0.1, 0.15) is 0 Å². The quantitative estimate of drug-likeness (QED) is 0.270. The fraction of sp³-hybridized carbons (Fsp3) is 0.333. The lowest BCUT2D eigenvalue weighted by atomic mass is 10.0. The SMILES string of the molecule is CS(=O)(=O)O.CSc1ccc2c(c1)C=C(C(=O)NC(=N)N)CCC2. The van der Waals surface area contributed by atoms with Crippen LogP contribution in [0.3, 0.4) is 0 Å². The number of rotatable bonds is 2. The first-order valence-electron chi connectivity index (χ1n) is 7.05. The minimum atomic E-state index is -3.67. The normalized spacial score (nSPS) is 13.5. The molecule has 24 heavy (non-hydrogen) atoms. The summed E-state index contributed by atoms with van der Waals surface area (Å²) < 4.78 is 25.9.